The lowest BCUT2D eigenvalue weighted by Crippen LogP contribution is -2.25. The maximum absolute atomic E-state index is 11.5. The van der Waals surface area contributed by atoms with Crippen LogP contribution in [0.3, 0.4) is 0 Å². The van der Waals surface area contributed by atoms with Gasteiger partial charge in [0.1, 0.15) is 11.4 Å². The van der Waals surface area contributed by atoms with Crippen LogP contribution < -0.4 is 9.62 Å². The van der Waals surface area contributed by atoms with Crippen LogP contribution in [0.15, 0.2) is 12.3 Å². The van der Waals surface area contributed by atoms with E-state index in [1.807, 2.05) is 13.8 Å². The van der Waals surface area contributed by atoms with Crippen molar-refractivity contribution in [3.05, 3.63) is 17.8 Å². The summed E-state index contributed by atoms with van der Waals surface area (Å²) in [6.07, 6.45) is 1.33. The maximum Gasteiger partial charge on any atom is 0.339 e. The molecule has 0 atom stereocenters. The van der Waals surface area contributed by atoms with Crippen LogP contribution in [0.25, 0.3) is 0 Å². The molecule has 1 heterocycles. The highest BCUT2D eigenvalue weighted by Gasteiger charge is 2.18. The Morgan fingerprint density at radius 3 is 2.40 bits per heavy atom. The summed E-state index contributed by atoms with van der Waals surface area (Å²) in [6.45, 7) is 6.51. The number of hydrogen-bond donors (Lipinski definition) is 2. The van der Waals surface area contributed by atoms with Crippen LogP contribution in [0.4, 0.5) is 11.5 Å². The lowest BCUT2D eigenvalue weighted by molar-refractivity contribution is 0.0697. The molecule has 8 heteroatoms. The van der Waals surface area contributed by atoms with E-state index in [1.165, 1.54) is 19.2 Å². The molecule has 7 nitrogen and oxygen atoms in total. The molecule has 0 aliphatic heterocycles. The van der Waals surface area contributed by atoms with Gasteiger partial charge >= 0.3 is 5.97 Å². The lowest BCUT2D eigenvalue weighted by atomic mass is 10.2. The van der Waals surface area contributed by atoms with Gasteiger partial charge in [-0.2, -0.15) is 0 Å². The van der Waals surface area contributed by atoms with Gasteiger partial charge in [-0.25, -0.2) is 18.2 Å². The molecule has 0 aliphatic rings. The predicted molar refractivity (Wildman–Crippen MR) is 77.8 cm³/mol. The van der Waals surface area contributed by atoms with E-state index < -0.39 is 16.0 Å². The molecule has 112 valence electrons. The smallest absolute Gasteiger partial charge is 0.339 e. The maximum atomic E-state index is 11.5. The molecule has 1 aromatic rings. The van der Waals surface area contributed by atoms with E-state index in [1.54, 1.807) is 4.90 Å². The van der Waals surface area contributed by atoms with E-state index in [0.717, 1.165) is 0 Å². The fraction of sp³-hybridized carbons (Fsp3) is 0.500. The van der Waals surface area contributed by atoms with Gasteiger partial charge in [0.15, 0.2) is 0 Å². The monoisotopic (exact) mass is 301 g/mol. The third-order valence-corrected chi connectivity index (χ3v) is 4.12. The van der Waals surface area contributed by atoms with Crippen molar-refractivity contribution in [3.8, 4) is 0 Å². The van der Waals surface area contributed by atoms with Gasteiger partial charge in [-0.15, -0.1) is 0 Å². The Balaban J connectivity index is 3.23. The van der Waals surface area contributed by atoms with E-state index in [-0.39, 0.29) is 17.0 Å². The average molecular weight is 301 g/mol. The number of anilines is 2. The summed E-state index contributed by atoms with van der Waals surface area (Å²) in [7, 11) is -3.46. The number of sulfonamides is 1. The number of aromatic carboxylic acids is 1. The summed E-state index contributed by atoms with van der Waals surface area (Å²) in [5.74, 6) is -0.897. The van der Waals surface area contributed by atoms with E-state index >= 15 is 0 Å². The SMILES string of the molecule is CCN(CC)c1ncc(NS(=O)(=O)CC)cc1C(=O)O. The first-order chi connectivity index (χ1) is 9.34. The summed E-state index contributed by atoms with van der Waals surface area (Å²) in [5.41, 5.74) is 0.130. The molecule has 20 heavy (non-hydrogen) atoms. The molecule has 0 amide bonds. The largest absolute Gasteiger partial charge is 0.478 e. The number of pyridine rings is 1. The van der Waals surface area contributed by atoms with Crippen LogP contribution in [0, 0.1) is 0 Å². The third-order valence-electron chi connectivity index (χ3n) is 2.81. The Kier molecular flexibility index (Phi) is 5.32. The number of nitrogens with zero attached hydrogens (tertiary/aromatic N) is 2. The summed E-state index contributed by atoms with van der Waals surface area (Å²) >= 11 is 0. The van der Waals surface area contributed by atoms with Crippen molar-refractivity contribution in [1.82, 2.24) is 4.98 Å². The molecule has 0 unspecified atom stereocenters. The van der Waals surface area contributed by atoms with E-state index in [2.05, 4.69) is 9.71 Å². The van der Waals surface area contributed by atoms with Crippen LogP contribution in [-0.2, 0) is 10.0 Å². The Bertz CT molecular complexity index is 582. The zero-order valence-corrected chi connectivity index (χ0v) is 12.6. The van der Waals surface area contributed by atoms with Gasteiger partial charge < -0.3 is 10.0 Å². The van der Waals surface area contributed by atoms with E-state index in [4.69, 9.17) is 0 Å². The van der Waals surface area contributed by atoms with Crippen molar-refractivity contribution in [3.63, 3.8) is 0 Å². The molecule has 0 fully saturated rings. The first-order valence-corrected chi connectivity index (χ1v) is 7.98. The quantitative estimate of drug-likeness (QED) is 0.789. The van der Waals surface area contributed by atoms with Gasteiger partial charge in [-0.3, -0.25) is 4.72 Å². The second kappa shape index (κ2) is 6.56. The predicted octanol–water partition coefficient (Wildman–Crippen LogP) is 1.39. The number of carbonyl (C=O) groups is 1. The molecule has 0 radical (unpaired) electrons. The van der Waals surface area contributed by atoms with Crippen LogP contribution in [0.5, 0.6) is 0 Å². The second-order valence-corrected chi connectivity index (χ2v) is 6.09. The van der Waals surface area contributed by atoms with Gasteiger partial charge in [0.05, 0.1) is 17.6 Å². The molecule has 1 rings (SSSR count). The molecular weight excluding hydrogens is 282 g/mol. The Morgan fingerprint density at radius 1 is 1.35 bits per heavy atom. The lowest BCUT2D eigenvalue weighted by Gasteiger charge is -2.21. The van der Waals surface area contributed by atoms with Crippen molar-refractivity contribution in [2.24, 2.45) is 0 Å². The van der Waals surface area contributed by atoms with Crippen molar-refractivity contribution >= 4 is 27.5 Å². The standard InChI is InChI=1S/C12H19N3O4S/c1-4-15(5-2)11-10(12(16)17)7-9(8-13-11)14-20(18,19)6-3/h7-8,14H,4-6H2,1-3H3,(H,16,17). The van der Waals surface area contributed by atoms with Crippen LogP contribution in [0.2, 0.25) is 0 Å². The molecule has 0 saturated carbocycles. The van der Waals surface area contributed by atoms with Gasteiger partial charge in [0, 0.05) is 13.1 Å². The number of carboxylic acid groups (broad SMARTS) is 1. The molecule has 0 aromatic carbocycles. The Labute approximate surface area is 118 Å². The highest BCUT2D eigenvalue weighted by atomic mass is 32.2. The van der Waals surface area contributed by atoms with Gasteiger partial charge in [0.25, 0.3) is 0 Å². The molecule has 0 bridgehead atoms. The van der Waals surface area contributed by atoms with Gasteiger partial charge in [-0.1, -0.05) is 0 Å². The van der Waals surface area contributed by atoms with Crippen molar-refractivity contribution in [2.45, 2.75) is 20.8 Å². The third kappa shape index (κ3) is 3.83. The van der Waals surface area contributed by atoms with Crippen molar-refractivity contribution in [2.75, 3.05) is 28.5 Å². The molecular formula is C12H19N3O4S. The molecule has 0 saturated heterocycles. The van der Waals surface area contributed by atoms with Crippen LogP contribution in [0.1, 0.15) is 31.1 Å². The highest BCUT2D eigenvalue weighted by Crippen LogP contribution is 2.22. The highest BCUT2D eigenvalue weighted by molar-refractivity contribution is 7.92. The van der Waals surface area contributed by atoms with Crippen LogP contribution in [-0.4, -0.2) is 43.3 Å². The van der Waals surface area contributed by atoms with Gasteiger partial charge in [-0.05, 0) is 26.8 Å². The number of hydrogen-bond acceptors (Lipinski definition) is 5. The minimum Gasteiger partial charge on any atom is -0.478 e. The van der Waals surface area contributed by atoms with Crippen LogP contribution >= 0.6 is 0 Å². The zero-order chi connectivity index (χ0) is 15.3. The molecule has 1 aromatic heterocycles. The number of rotatable bonds is 7. The normalized spacial score (nSPS) is 11.2. The van der Waals surface area contributed by atoms with Gasteiger partial charge in [0.2, 0.25) is 10.0 Å². The fourth-order valence-electron chi connectivity index (χ4n) is 1.70. The summed E-state index contributed by atoms with van der Waals surface area (Å²) in [6, 6.07) is 1.29. The number of carboxylic acids is 1. The zero-order valence-electron chi connectivity index (χ0n) is 11.8. The Hall–Kier alpha value is -1.83. The molecule has 2 N–H and O–H groups in total. The first kappa shape index (κ1) is 16.2. The minimum absolute atomic E-state index is 0.0231. The van der Waals surface area contributed by atoms with E-state index in [9.17, 15) is 18.3 Å². The minimum atomic E-state index is -3.46. The molecule has 0 spiro atoms. The molecule has 0 aliphatic carbocycles. The Morgan fingerprint density at radius 2 is 1.95 bits per heavy atom. The summed E-state index contributed by atoms with van der Waals surface area (Å²) < 4.78 is 25.3. The second-order valence-electron chi connectivity index (χ2n) is 4.08. The summed E-state index contributed by atoms with van der Waals surface area (Å²) in [5, 5.41) is 9.24. The van der Waals surface area contributed by atoms with Crippen molar-refractivity contribution in [1.29, 1.82) is 0 Å². The topological polar surface area (TPSA) is 99.6 Å². The average Bonchev–Trinajstić information content (AvgIpc) is 2.41. The number of aromatic nitrogens is 1. The summed E-state index contributed by atoms with van der Waals surface area (Å²) in [4.78, 5) is 17.2. The fourth-order valence-corrected chi connectivity index (χ4v) is 2.31. The van der Waals surface area contributed by atoms with Crippen molar-refractivity contribution < 1.29 is 18.3 Å². The number of nitrogens with one attached hydrogen (secondary N) is 1. The first-order valence-electron chi connectivity index (χ1n) is 6.33. The van der Waals surface area contributed by atoms with E-state index in [0.29, 0.717) is 18.9 Å².